The molecule has 0 amide bonds. The first kappa shape index (κ1) is 14.2. The van der Waals surface area contributed by atoms with Crippen LogP contribution >= 0.6 is 0 Å². The van der Waals surface area contributed by atoms with Crippen LogP contribution in [0.5, 0.6) is 5.75 Å². The van der Waals surface area contributed by atoms with Crippen LogP contribution in [0.4, 0.5) is 0 Å². The summed E-state index contributed by atoms with van der Waals surface area (Å²) in [6.07, 6.45) is 2.68. The van der Waals surface area contributed by atoms with Crippen LogP contribution in [0.25, 0.3) is 10.4 Å². The highest BCUT2D eigenvalue weighted by atomic mass is 16.5. The van der Waals surface area contributed by atoms with Crippen LogP contribution < -0.4 is 10.1 Å². The summed E-state index contributed by atoms with van der Waals surface area (Å²) in [6, 6.07) is 8.27. The van der Waals surface area contributed by atoms with Gasteiger partial charge in [0.05, 0.1) is 13.2 Å². The average Bonchev–Trinajstić information content (AvgIpc) is 2.51. The second kappa shape index (κ2) is 6.29. The molecule has 1 N–H and O–H groups in total. The number of fused-ring (bicyclic) bond motifs is 1. The van der Waals surface area contributed by atoms with Gasteiger partial charge in [-0.15, -0.1) is 0 Å². The summed E-state index contributed by atoms with van der Waals surface area (Å²) < 4.78 is 5.26. The van der Waals surface area contributed by atoms with Crippen molar-refractivity contribution in [2.24, 2.45) is 5.11 Å². The van der Waals surface area contributed by atoms with Crippen molar-refractivity contribution in [3.8, 4) is 11.8 Å². The van der Waals surface area contributed by atoms with Crippen LogP contribution in [0.3, 0.4) is 0 Å². The van der Waals surface area contributed by atoms with Gasteiger partial charge in [-0.3, -0.25) is 5.32 Å². The molecule has 0 spiro atoms. The molecule has 1 aromatic carbocycles. The van der Waals surface area contributed by atoms with Crippen LogP contribution in [-0.4, -0.2) is 20.2 Å². The molecule has 2 rings (SSSR count). The zero-order chi connectivity index (χ0) is 14.4. The van der Waals surface area contributed by atoms with Gasteiger partial charge < -0.3 is 4.74 Å². The van der Waals surface area contributed by atoms with Gasteiger partial charge in [0.1, 0.15) is 11.3 Å². The first-order chi connectivity index (χ1) is 9.75. The molecular formula is C14H17N5O. The quantitative estimate of drug-likeness (QED) is 0.386. The minimum Gasteiger partial charge on any atom is -0.497 e. The molecule has 1 unspecified atom stereocenters. The van der Waals surface area contributed by atoms with Gasteiger partial charge in [-0.2, -0.15) is 5.26 Å². The number of nitriles is 1. The lowest BCUT2D eigenvalue weighted by Gasteiger charge is -2.34. The van der Waals surface area contributed by atoms with E-state index in [4.69, 9.17) is 10.3 Å². The highest BCUT2D eigenvalue weighted by Gasteiger charge is 2.36. The number of ether oxygens (including phenoxy) is 1. The maximum absolute atomic E-state index is 9.65. The summed E-state index contributed by atoms with van der Waals surface area (Å²) in [4.78, 5) is 2.72. The van der Waals surface area contributed by atoms with Crippen molar-refractivity contribution in [3.63, 3.8) is 0 Å². The first-order valence-corrected chi connectivity index (χ1v) is 6.60. The van der Waals surface area contributed by atoms with Crippen LogP contribution in [0.15, 0.2) is 23.3 Å². The van der Waals surface area contributed by atoms with E-state index in [-0.39, 0.29) is 0 Å². The average molecular weight is 271 g/mol. The SMILES string of the molecule is COc1ccc2c(c1)C(C#N)(NCCN=[N+]=[N-])CCC2. The number of benzene rings is 1. The standard InChI is InChI=1S/C14H17N5O/c1-20-12-5-4-11-3-2-6-14(10-15,13(11)9-12)17-7-8-18-19-16/h4-5,9,17H,2-3,6-8H2,1H3. The van der Waals surface area contributed by atoms with E-state index in [0.29, 0.717) is 13.1 Å². The van der Waals surface area contributed by atoms with Gasteiger partial charge in [0.2, 0.25) is 0 Å². The Morgan fingerprint density at radius 2 is 2.45 bits per heavy atom. The molecule has 0 saturated carbocycles. The van der Waals surface area contributed by atoms with E-state index in [1.807, 2.05) is 18.2 Å². The Bertz CT molecular complexity index is 573. The Kier molecular flexibility index (Phi) is 4.46. The third-order valence-electron chi connectivity index (χ3n) is 3.67. The summed E-state index contributed by atoms with van der Waals surface area (Å²) in [5.74, 6) is 0.752. The number of methoxy groups -OCH3 is 1. The molecule has 0 aliphatic heterocycles. The molecule has 0 fully saturated rings. The van der Waals surface area contributed by atoms with Crippen molar-refractivity contribution < 1.29 is 4.74 Å². The molecule has 0 heterocycles. The van der Waals surface area contributed by atoms with E-state index >= 15 is 0 Å². The van der Waals surface area contributed by atoms with Gasteiger partial charge in [0.15, 0.2) is 0 Å². The number of hydrogen-bond acceptors (Lipinski definition) is 4. The predicted octanol–water partition coefficient (Wildman–Crippen LogP) is 2.65. The molecule has 6 nitrogen and oxygen atoms in total. The van der Waals surface area contributed by atoms with Gasteiger partial charge in [0.25, 0.3) is 0 Å². The maximum atomic E-state index is 9.65. The summed E-state index contributed by atoms with van der Waals surface area (Å²) in [6.45, 7) is 0.813. The number of nitrogens with one attached hydrogen (secondary N) is 1. The molecule has 0 radical (unpaired) electrons. The van der Waals surface area contributed by atoms with Gasteiger partial charge >= 0.3 is 0 Å². The van der Waals surface area contributed by atoms with E-state index in [9.17, 15) is 5.26 Å². The molecule has 20 heavy (non-hydrogen) atoms. The van der Waals surface area contributed by atoms with Crippen LogP contribution in [0.1, 0.15) is 24.0 Å². The number of azide groups is 1. The number of hydrogen-bond donors (Lipinski definition) is 1. The fourth-order valence-electron chi connectivity index (χ4n) is 2.68. The van der Waals surface area contributed by atoms with Crippen molar-refractivity contribution in [1.82, 2.24) is 5.32 Å². The first-order valence-electron chi connectivity index (χ1n) is 6.60. The molecule has 1 aliphatic carbocycles. The number of nitrogens with zero attached hydrogens (tertiary/aromatic N) is 4. The molecule has 104 valence electrons. The Morgan fingerprint density at radius 3 is 3.15 bits per heavy atom. The second-order valence-electron chi connectivity index (χ2n) is 4.78. The topological polar surface area (TPSA) is 93.8 Å². The number of aryl methyl sites for hydroxylation is 1. The lowest BCUT2D eigenvalue weighted by Crippen LogP contribution is -2.44. The fourth-order valence-corrected chi connectivity index (χ4v) is 2.68. The monoisotopic (exact) mass is 271 g/mol. The maximum Gasteiger partial charge on any atom is 0.132 e. The lowest BCUT2D eigenvalue weighted by molar-refractivity contribution is 0.365. The van der Waals surface area contributed by atoms with Crippen molar-refractivity contribution in [2.75, 3.05) is 20.2 Å². The smallest absolute Gasteiger partial charge is 0.132 e. The summed E-state index contributed by atoms with van der Waals surface area (Å²) in [5.41, 5.74) is 9.74. The molecule has 1 aliphatic rings. The van der Waals surface area contributed by atoms with Gasteiger partial charge in [0, 0.05) is 18.0 Å². The van der Waals surface area contributed by atoms with E-state index < -0.39 is 5.54 Å². The van der Waals surface area contributed by atoms with Crippen molar-refractivity contribution >= 4 is 0 Å². The molecule has 1 aromatic rings. The van der Waals surface area contributed by atoms with Crippen molar-refractivity contribution in [1.29, 1.82) is 5.26 Å². The van der Waals surface area contributed by atoms with Crippen LogP contribution in [0.2, 0.25) is 0 Å². The summed E-state index contributed by atoms with van der Waals surface area (Å²) >= 11 is 0. The van der Waals surface area contributed by atoms with Gasteiger partial charge in [-0.05, 0) is 48.1 Å². The zero-order valence-corrected chi connectivity index (χ0v) is 11.5. The zero-order valence-electron chi connectivity index (χ0n) is 11.5. The molecular weight excluding hydrogens is 254 g/mol. The van der Waals surface area contributed by atoms with Crippen LogP contribution in [0, 0.1) is 11.3 Å². The highest BCUT2D eigenvalue weighted by Crippen LogP contribution is 2.36. The van der Waals surface area contributed by atoms with E-state index in [1.54, 1.807) is 7.11 Å². The Labute approximate surface area is 118 Å². The minimum absolute atomic E-state index is 0.333. The van der Waals surface area contributed by atoms with Gasteiger partial charge in [-0.1, -0.05) is 11.2 Å². The third kappa shape index (κ3) is 2.69. The van der Waals surface area contributed by atoms with E-state index in [0.717, 1.165) is 30.6 Å². The predicted molar refractivity (Wildman–Crippen MR) is 75.2 cm³/mol. The second-order valence-corrected chi connectivity index (χ2v) is 4.78. The fraction of sp³-hybridized carbons (Fsp3) is 0.500. The summed E-state index contributed by atoms with van der Waals surface area (Å²) in [7, 11) is 1.62. The van der Waals surface area contributed by atoms with Crippen LogP contribution in [-0.2, 0) is 12.0 Å². The normalized spacial score (nSPS) is 20.4. The Morgan fingerprint density at radius 1 is 1.60 bits per heavy atom. The molecule has 6 heteroatoms. The van der Waals surface area contributed by atoms with Crippen molar-refractivity contribution in [2.45, 2.75) is 24.8 Å². The summed E-state index contributed by atoms with van der Waals surface area (Å²) in [5, 5.41) is 16.4. The molecule has 0 bridgehead atoms. The molecule has 0 aromatic heterocycles. The van der Waals surface area contributed by atoms with Crippen molar-refractivity contribution in [3.05, 3.63) is 39.8 Å². The Hall–Kier alpha value is -2.22. The molecule has 1 atom stereocenters. The Balaban J connectivity index is 2.31. The van der Waals surface area contributed by atoms with E-state index in [1.165, 1.54) is 5.56 Å². The minimum atomic E-state index is -0.715. The largest absolute Gasteiger partial charge is 0.497 e. The highest BCUT2D eigenvalue weighted by molar-refractivity contribution is 5.45. The third-order valence-corrected chi connectivity index (χ3v) is 3.67. The number of rotatable bonds is 5. The van der Waals surface area contributed by atoms with Gasteiger partial charge in [-0.25, -0.2) is 0 Å². The van der Waals surface area contributed by atoms with E-state index in [2.05, 4.69) is 21.4 Å². The molecule has 0 saturated heterocycles. The lowest BCUT2D eigenvalue weighted by atomic mass is 9.77.